The van der Waals surface area contributed by atoms with E-state index in [1.54, 1.807) is 17.8 Å². The summed E-state index contributed by atoms with van der Waals surface area (Å²) in [4.78, 5) is 26.8. The molecule has 2 fully saturated rings. The van der Waals surface area contributed by atoms with Gasteiger partial charge in [-0.15, -0.1) is 0 Å². The van der Waals surface area contributed by atoms with Crippen LogP contribution in [0.2, 0.25) is 0 Å². The lowest BCUT2D eigenvalue weighted by Gasteiger charge is -2.29. The summed E-state index contributed by atoms with van der Waals surface area (Å²) in [6, 6.07) is 2.68. The van der Waals surface area contributed by atoms with E-state index in [2.05, 4.69) is 15.7 Å². The Morgan fingerprint density at radius 2 is 1.92 bits per heavy atom. The zero-order valence-corrected chi connectivity index (χ0v) is 13.9. The molecule has 0 atom stereocenters. The minimum Gasteiger partial charge on any atom is -0.367 e. The fraction of sp³-hybridized carbons (Fsp3) is 0.438. The highest BCUT2D eigenvalue weighted by molar-refractivity contribution is 6.09. The van der Waals surface area contributed by atoms with Crippen LogP contribution >= 0.6 is 0 Å². The van der Waals surface area contributed by atoms with Crippen molar-refractivity contribution in [3.8, 4) is 0 Å². The predicted octanol–water partition coefficient (Wildman–Crippen LogP) is 0.568. The third kappa shape index (κ3) is 2.70. The van der Waals surface area contributed by atoms with E-state index < -0.39 is 6.03 Å². The summed E-state index contributed by atoms with van der Waals surface area (Å²) in [6.45, 7) is 3.34. The second kappa shape index (κ2) is 5.99. The Kier molecular flexibility index (Phi) is 3.79. The number of amides is 3. The maximum Gasteiger partial charge on any atom is 0.329 e. The first-order chi connectivity index (χ1) is 12.0. The molecular weight excluding hydrogens is 327 g/mol. The molecule has 3 heterocycles. The molecule has 1 aromatic carbocycles. The number of benzene rings is 1. The highest BCUT2D eigenvalue weighted by Crippen LogP contribution is 2.32. The average Bonchev–Trinajstić information content (AvgIpc) is 2.91. The number of carbonyl (C=O) groups is 2. The van der Waals surface area contributed by atoms with Gasteiger partial charge in [0.2, 0.25) is 5.91 Å². The Balaban J connectivity index is 1.76. The minimum atomic E-state index is -0.525. The standard InChI is InChI=1S/C16H19FN6O2/c1-21-12-9-13(22-6-3-18-4-7-22)11(17)8-10(12)15(20-21)23-5-2-14(24)19-16(23)25/h8-9,18H,2-7H2,1H3,(H,19,24,25). The van der Waals surface area contributed by atoms with Gasteiger partial charge in [0.15, 0.2) is 5.82 Å². The van der Waals surface area contributed by atoms with E-state index in [1.165, 1.54) is 11.0 Å². The van der Waals surface area contributed by atoms with Crippen LogP contribution in [0.15, 0.2) is 12.1 Å². The summed E-state index contributed by atoms with van der Waals surface area (Å²) >= 11 is 0. The van der Waals surface area contributed by atoms with Crippen molar-refractivity contribution in [1.29, 1.82) is 0 Å². The van der Waals surface area contributed by atoms with Gasteiger partial charge in [0, 0.05) is 51.6 Å². The number of nitrogens with zero attached hydrogens (tertiary/aromatic N) is 4. The highest BCUT2D eigenvalue weighted by Gasteiger charge is 2.29. The van der Waals surface area contributed by atoms with E-state index in [1.807, 2.05) is 4.90 Å². The van der Waals surface area contributed by atoms with Crippen molar-refractivity contribution in [3.05, 3.63) is 17.9 Å². The molecule has 0 saturated carbocycles. The highest BCUT2D eigenvalue weighted by atomic mass is 19.1. The maximum atomic E-state index is 14.7. The summed E-state index contributed by atoms with van der Waals surface area (Å²) in [5.74, 6) is -0.279. The van der Waals surface area contributed by atoms with Crippen molar-refractivity contribution >= 4 is 34.3 Å². The number of imide groups is 1. The van der Waals surface area contributed by atoms with Gasteiger partial charge in [0.05, 0.1) is 11.2 Å². The van der Waals surface area contributed by atoms with Crippen molar-refractivity contribution in [2.45, 2.75) is 6.42 Å². The first-order valence-corrected chi connectivity index (χ1v) is 8.28. The van der Waals surface area contributed by atoms with Crippen molar-refractivity contribution in [2.75, 3.05) is 42.5 Å². The quantitative estimate of drug-likeness (QED) is 0.831. The van der Waals surface area contributed by atoms with Crippen LogP contribution in [0.4, 0.5) is 20.7 Å². The van der Waals surface area contributed by atoms with Crippen LogP contribution in [0, 0.1) is 5.82 Å². The lowest BCUT2D eigenvalue weighted by molar-refractivity contribution is -0.120. The van der Waals surface area contributed by atoms with Gasteiger partial charge in [-0.1, -0.05) is 0 Å². The fourth-order valence-electron chi connectivity index (χ4n) is 3.36. The molecule has 0 spiro atoms. The third-order valence-electron chi connectivity index (χ3n) is 4.67. The zero-order chi connectivity index (χ0) is 17.6. The number of piperazine rings is 1. The second-order valence-corrected chi connectivity index (χ2v) is 6.26. The Morgan fingerprint density at radius 1 is 1.16 bits per heavy atom. The minimum absolute atomic E-state index is 0.200. The van der Waals surface area contributed by atoms with Gasteiger partial charge >= 0.3 is 6.03 Å². The zero-order valence-electron chi connectivity index (χ0n) is 13.9. The summed E-state index contributed by atoms with van der Waals surface area (Å²) in [6.07, 6.45) is 0.200. The molecule has 2 aromatic rings. The van der Waals surface area contributed by atoms with Gasteiger partial charge in [0.25, 0.3) is 0 Å². The molecule has 25 heavy (non-hydrogen) atoms. The van der Waals surface area contributed by atoms with Crippen LogP contribution in [0.1, 0.15) is 6.42 Å². The Bertz CT molecular complexity index is 858. The number of hydrogen-bond acceptors (Lipinski definition) is 5. The molecule has 9 heteroatoms. The van der Waals surface area contributed by atoms with Gasteiger partial charge in [-0.3, -0.25) is 19.7 Å². The van der Waals surface area contributed by atoms with Gasteiger partial charge < -0.3 is 10.2 Å². The molecule has 2 aliphatic heterocycles. The summed E-state index contributed by atoms with van der Waals surface area (Å²) in [7, 11) is 1.76. The molecule has 2 N–H and O–H groups in total. The number of anilines is 2. The van der Waals surface area contributed by atoms with Gasteiger partial charge in [-0.2, -0.15) is 5.10 Å². The predicted molar refractivity (Wildman–Crippen MR) is 91.3 cm³/mol. The van der Waals surface area contributed by atoms with Crippen LogP contribution in [0.5, 0.6) is 0 Å². The van der Waals surface area contributed by atoms with Crippen molar-refractivity contribution in [2.24, 2.45) is 7.05 Å². The van der Waals surface area contributed by atoms with E-state index in [9.17, 15) is 14.0 Å². The van der Waals surface area contributed by atoms with Crippen LogP contribution < -0.4 is 20.4 Å². The third-order valence-corrected chi connectivity index (χ3v) is 4.67. The van der Waals surface area contributed by atoms with Crippen LogP contribution in [-0.4, -0.2) is 54.4 Å². The average molecular weight is 346 g/mol. The number of carbonyl (C=O) groups excluding carboxylic acids is 2. The van der Waals surface area contributed by atoms with E-state index in [0.29, 0.717) is 16.9 Å². The van der Waals surface area contributed by atoms with Crippen molar-refractivity contribution < 1.29 is 14.0 Å². The molecule has 3 amide bonds. The summed E-state index contributed by atoms with van der Waals surface area (Å²) in [5, 5.41) is 10.5. The largest absolute Gasteiger partial charge is 0.367 e. The molecule has 0 bridgehead atoms. The monoisotopic (exact) mass is 346 g/mol. The summed E-state index contributed by atoms with van der Waals surface area (Å²) in [5.41, 5.74) is 1.29. The van der Waals surface area contributed by atoms with Crippen LogP contribution in [-0.2, 0) is 11.8 Å². The van der Waals surface area contributed by atoms with Crippen LogP contribution in [0.25, 0.3) is 10.9 Å². The van der Waals surface area contributed by atoms with E-state index in [0.717, 1.165) is 31.7 Å². The number of nitrogens with one attached hydrogen (secondary N) is 2. The van der Waals surface area contributed by atoms with Crippen molar-refractivity contribution in [3.63, 3.8) is 0 Å². The molecule has 1 aromatic heterocycles. The Hall–Kier alpha value is -2.68. The number of rotatable bonds is 2. The number of halogens is 1. The smallest absolute Gasteiger partial charge is 0.329 e. The first-order valence-electron chi connectivity index (χ1n) is 8.28. The summed E-state index contributed by atoms with van der Waals surface area (Å²) < 4.78 is 16.4. The molecule has 4 rings (SSSR count). The second-order valence-electron chi connectivity index (χ2n) is 6.26. The molecule has 8 nitrogen and oxygen atoms in total. The van der Waals surface area contributed by atoms with E-state index in [-0.39, 0.29) is 24.7 Å². The van der Waals surface area contributed by atoms with E-state index in [4.69, 9.17) is 0 Å². The van der Waals surface area contributed by atoms with E-state index >= 15 is 0 Å². The number of aromatic nitrogens is 2. The Labute approximate surface area is 143 Å². The number of fused-ring (bicyclic) bond motifs is 1. The Morgan fingerprint density at radius 3 is 2.64 bits per heavy atom. The fourth-order valence-corrected chi connectivity index (χ4v) is 3.36. The van der Waals surface area contributed by atoms with Crippen molar-refractivity contribution in [1.82, 2.24) is 20.4 Å². The lowest BCUT2D eigenvalue weighted by atomic mass is 10.1. The topological polar surface area (TPSA) is 82.5 Å². The molecular formula is C16H19FN6O2. The molecule has 2 aliphatic rings. The molecule has 0 aliphatic carbocycles. The molecule has 2 saturated heterocycles. The van der Waals surface area contributed by atoms with Crippen LogP contribution in [0.3, 0.4) is 0 Å². The SMILES string of the molecule is Cn1nc(N2CCC(=O)NC2=O)c2cc(F)c(N3CCNCC3)cc21. The molecule has 132 valence electrons. The van der Waals surface area contributed by atoms with Gasteiger partial charge in [0.1, 0.15) is 5.82 Å². The molecule has 0 radical (unpaired) electrons. The number of hydrogen-bond donors (Lipinski definition) is 2. The lowest BCUT2D eigenvalue weighted by Crippen LogP contribution is -2.49. The number of urea groups is 1. The van der Waals surface area contributed by atoms with Gasteiger partial charge in [-0.05, 0) is 12.1 Å². The maximum absolute atomic E-state index is 14.7. The van der Waals surface area contributed by atoms with Gasteiger partial charge in [-0.25, -0.2) is 9.18 Å². The normalized spacial score (nSPS) is 18.8. The number of aryl methyl sites for hydroxylation is 1. The first kappa shape index (κ1) is 15.8. The molecule has 0 unspecified atom stereocenters.